The van der Waals surface area contributed by atoms with Crippen molar-refractivity contribution in [2.75, 3.05) is 19.8 Å². The van der Waals surface area contributed by atoms with E-state index in [-0.39, 0.29) is 30.5 Å². The molecule has 0 spiro atoms. The topological polar surface area (TPSA) is 83.7 Å². The van der Waals surface area contributed by atoms with Gasteiger partial charge in [0.15, 0.2) is 15.8 Å². The Morgan fingerprint density at radius 3 is 2.44 bits per heavy atom. The number of furan rings is 1. The van der Waals surface area contributed by atoms with Crippen LogP contribution in [-0.2, 0) is 16.4 Å². The second-order valence-electron chi connectivity index (χ2n) is 6.46. The number of para-hydroxylation sites is 1. The maximum absolute atomic E-state index is 11.8. The van der Waals surface area contributed by atoms with Gasteiger partial charge >= 0.3 is 0 Å². The third kappa shape index (κ3) is 5.10. The minimum Gasteiger partial charge on any atom is -0.459 e. The molecule has 0 aliphatic carbocycles. The van der Waals surface area contributed by atoms with E-state index in [9.17, 15) is 8.42 Å². The number of fused-ring (bicyclic) bond motifs is 1. The summed E-state index contributed by atoms with van der Waals surface area (Å²) >= 11 is 0. The van der Waals surface area contributed by atoms with E-state index in [1.165, 1.54) is 6.26 Å². The molecule has 0 aliphatic heterocycles. The van der Waals surface area contributed by atoms with Crippen LogP contribution in [0.15, 0.2) is 33.7 Å². The normalized spacial score (nSPS) is 12.8. The summed E-state index contributed by atoms with van der Waals surface area (Å²) in [6.07, 6.45) is 1.24. The number of aryl methyl sites for hydroxylation is 1. The van der Waals surface area contributed by atoms with Crippen LogP contribution < -0.4 is 10.6 Å². The Bertz CT molecular complexity index is 857. The summed E-state index contributed by atoms with van der Waals surface area (Å²) < 4.78 is 28.5. The Morgan fingerprint density at radius 1 is 1.24 bits per heavy atom. The second-order valence-corrected chi connectivity index (χ2v) is 9.11. The van der Waals surface area contributed by atoms with E-state index in [0.717, 1.165) is 22.3 Å². The summed E-state index contributed by atoms with van der Waals surface area (Å²) in [5.74, 6) is 1.37. The molecule has 8 heteroatoms. The first-order valence-corrected chi connectivity index (χ1v) is 9.66. The van der Waals surface area contributed by atoms with E-state index < -0.39 is 14.6 Å². The first-order valence-electron chi connectivity index (χ1n) is 7.77. The van der Waals surface area contributed by atoms with Crippen LogP contribution in [0.3, 0.4) is 0 Å². The number of benzene rings is 1. The van der Waals surface area contributed by atoms with Crippen LogP contribution >= 0.6 is 24.0 Å². The molecule has 2 rings (SSSR count). The highest BCUT2D eigenvalue weighted by atomic mass is 127. The van der Waals surface area contributed by atoms with E-state index >= 15 is 0 Å². The predicted octanol–water partition coefficient (Wildman–Crippen LogP) is 2.85. The molecule has 25 heavy (non-hydrogen) atoms. The van der Waals surface area contributed by atoms with Gasteiger partial charge in [0.1, 0.15) is 11.3 Å². The Hall–Kier alpha value is -1.29. The van der Waals surface area contributed by atoms with Gasteiger partial charge in [-0.15, -0.1) is 24.0 Å². The van der Waals surface area contributed by atoms with E-state index in [2.05, 4.69) is 15.6 Å². The van der Waals surface area contributed by atoms with Gasteiger partial charge in [-0.25, -0.2) is 8.42 Å². The van der Waals surface area contributed by atoms with Crippen molar-refractivity contribution in [1.29, 1.82) is 0 Å². The van der Waals surface area contributed by atoms with Gasteiger partial charge in [0.2, 0.25) is 0 Å². The Balaban J connectivity index is 0.00000312. The number of hydrogen-bond donors (Lipinski definition) is 2. The molecule has 0 unspecified atom stereocenters. The van der Waals surface area contributed by atoms with Crippen LogP contribution in [0.5, 0.6) is 0 Å². The van der Waals surface area contributed by atoms with Crippen molar-refractivity contribution in [3.8, 4) is 0 Å². The number of nitrogens with zero attached hydrogens (tertiary/aromatic N) is 1. The van der Waals surface area contributed by atoms with Gasteiger partial charge in [0.25, 0.3) is 0 Å². The van der Waals surface area contributed by atoms with Crippen molar-refractivity contribution < 1.29 is 12.8 Å². The predicted molar refractivity (Wildman–Crippen MR) is 113 cm³/mol. The SMILES string of the molecule is CN=C(NCc1oc2ccccc2c1C)NCC(C)(C)S(C)(=O)=O.I. The number of aliphatic imine (C=N–C) groups is 1. The van der Waals surface area contributed by atoms with Crippen molar-refractivity contribution in [3.63, 3.8) is 0 Å². The van der Waals surface area contributed by atoms with Crippen LogP contribution in [0.25, 0.3) is 11.0 Å². The van der Waals surface area contributed by atoms with Gasteiger partial charge in [0, 0.05) is 30.8 Å². The van der Waals surface area contributed by atoms with Crippen molar-refractivity contribution in [3.05, 3.63) is 35.6 Å². The zero-order chi connectivity index (χ0) is 18.0. The van der Waals surface area contributed by atoms with E-state index in [1.54, 1.807) is 20.9 Å². The molecule has 0 aliphatic rings. The summed E-state index contributed by atoms with van der Waals surface area (Å²) in [4.78, 5) is 4.13. The van der Waals surface area contributed by atoms with Gasteiger partial charge < -0.3 is 15.1 Å². The lowest BCUT2D eigenvalue weighted by molar-refractivity contribution is 0.528. The molecule has 2 aromatic rings. The molecule has 0 atom stereocenters. The molecule has 1 heterocycles. The van der Waals surface area contributed by atoms with E-state index in [4.69, 9.17) is 4.42 Å². The van der Waals surface area contributed by atoms with E-state index in [1.807, 2.05) is 31.2 Å². The van der Waals surface area contributed by atoms with Crippen LogP contribution in [0.4, 0.5) is 0 Å². The zero-order valence-corrected chi connectivity index (χ0v) is 18.4. The number of guanidine groups is 1. The quantitative estimate of drug-likeness (QED) is 0.392. The molecule has 2 N–H and O–H groups in total. The second kappa shape index (κ2) is 8.39. The minimum atomic E-state index is -3.16. The third-order valence-corrected chi connectivity index (χ3v) is 6.42. The van der Waals surface area contributed by atoms with Crippen molar-refractivity contribution in [2.45, 2.75) is 32.1 Å². The van der Waals surface area contributed by atoms with Gasteiger partial charge in [0.05, 0.1) is 11.3 Å². The summed E-state index contributed by atoms with van der Waals surface area (Å²) in [6.45, 7) is 6.13. The maximum atomic E-state index is 11.8. The fraction of sp³-hybridized carbons (Fsp3) is 0.471. The molecule has 140 valence electrons. The van der Waals surface area contributed by atoms with Crippen molar-refractivity contribution >= 4 is 50.7 Å². The number of halogens is 1. The summed E-state index contributed by atoms with van der Waals surface area (Å²) in [7, 11) is -1.51. The number of rotatable bonds is 5. The molecular formula is C17H26IN3O3S. The standard InChI is InChI=1S/C17H25N3O3S.HI/c1-12-13-8-6-7-9-14(13)23-15(12)10-19-16(18-4)20-11-17(2,3)24(5,21)22;/h6-9H,10-11H2,1-5H3,(H2,18,19,20);1H. The maximum Gasteiger partial charge on any atom is 0.191 e. The van der Waals surface area contributed by atoms with Crippen LogP contribution in [-0.4, -0.2) is 39.0 Å². The zero-order valence-electron chi connectivity index (χ0n) is 15.2. The molecule has 0 radical (unpaired) electrons. The minimum absolute atomic E-state index is 0. The lowest BCUT2D eigenvalue weighted by Gasteiger charge is -2.24. The van der Waals surface area contributed by atoms with Gasteiger partial charge in [-0.2, -0.15) is 0 Å². The highest BCUT2D eigenvalue weighted by molar-refractivity contribution is 14.0. The van der Waals surface area contributed by atoms with Gasteiger partial charge in [-0.3, -0.25) is 4.99 Å². The molecule has 0 saturated heterocycles. The highest BCUT2D eigenvalue weighted by Gasteiger charge is 2.30. The Kier molecular flexibility index (Phi) is 7.30. The molecule has 1 aromatic heterocycles. The first kappa shape index (κ1) is 21.8. The van der Waals surface area contributed by atoms with Crippen LogP contribution in [0.1, 0.15) is 25.2 Å². The molecule has 0 bridgehead atoms. The molecule has 6 nitrogen and oxygen atoms in total. The lowest BCUT2D eigenvalue weighted by atomic mass is 10.1. The summed E-state index contributed by atoms with van der Waals surface area (Å²) in [5, 5.41) is 7.31. The Morgan fingerprint density at radius 2 is 1.88 bits per heavy atom. The average Bonchev–Trinajstić information content (AvgIpc) is 2.83. The highest BCUT2D eigenvalue weighted by Crippen LogP contribution is 2.24. The molecule has 0 saturated carbocycles. The monoisotopic (exact) mass is 479 g/mol. The van der Waals surface area contributed by atoms with Crippen molar-refractivity contribution in [1.82, 2.24) is 10.6 Å². The largest absolute Gasteiger partial charge is 0.459 e. The third-order valence-electron chi connectivity index (χ3n) is 4.27. The average molecular weight is 479 g/mol. The molecule has 0 fully saturated rings. The summed E-state index contributed by atoms with van der Waals surface area (Å²) in [6, 6.07) is 7.89. The van der Waals surface area contributed by atoms with Crippen molar-refractivity contribution in [2.24, 2.45) is 4.99 Å². The van der Waals surface area contributed by atoms with Gasteiger partial charge in [-0.05, 0) is 26.8 Å². The number of nitrogens with one attached hydrogen (secondary N) is 2. The number of sulfone groups is 1. The fourth-order valence-electron chi connectivity index (χ4n) is 2.21. The Labute approximate surface area is 166 Å². The van der Waals surface area contributed by atoms with E-state index in [0.29, 0.717) is 12.5 Å². The van der Waals surface area contributed by atoms with Gasteiger partial charge in [-0.1, -0.05) is 18.2 Å². The fourth-order valence-corrected chi connectivity index (χ4v) is 2.54. The summed E-state index contributed by atoms with van der Waals surface area (Å²) in [5.41, 5.74) is 1.94. The molecular weight excluding hydrogens is 453 g/mol. The van der Waals surface area contributed by atoms with Crippen LogP contribution in [0, 0.1) is 6.92 Å². The smallest absolute Gasteiger partial charge is 0.191 e. The lowest BCUT2D eigenvalue weighted by Crippen LogP contribution is -2.47. The molecule has 0 amide bonds. The van der Waals surface area contributed by atoms with Crippen LogP contribution in [0.2, 0.25) is 0 Å². The first-order chi connectivity index (χ1) is 11.2. The number of hydrogen-bond acceptors (Lipinski definition) is 4. The molecule has 1 aromatic carbocycles.